The summed E-state index contributed by atoms with van der Waals surface area (Å²) in [5.74, 6) is -0.484. The Hall–Kier alpha value is -1.88. The Morgan fingerprint density at radius 2 is 1.95 bits per heavy atom. The van der Waals surface area contributed by atoms with Crippen LogP contribution < -0.4 is 5.73 Å². The fraction of sp³-hybridized carbons (Fsp3) is 0.467. The van der Waals surface area contributed by atoms with Crippen LogP contribution >= 0.6 is 0 Å². The van der Waals surface area contributed by atoms with Crippen LogP contribution in [0.1, 0.15) is 41.5 Å². The number of hydrogen-bond acceptors (Lipinski definition) is 4. The van der Waals surface area contributed by atoms with Crippen molar-refractivity contribution < 1.29 is 14.3 Å². The number of benzene rings is 1. The molecule has 1 heterocycles. The molecular weight excluding hydrogens is 256 g/mol. The second kappa shape index (κ2) is 5.63. The highest BCUT2D eigenvalue weighted by Crippen LogP contribution is 2.30. The second-order valence-corrected chi connectivity index (χ2v) is 5.22. The number of amides is 2. The van der Waals surface area contributed by atoms with Crippen LogP contribution in [0.15, 0.2) is 18.2 Å². The molecule has 5 nitrogen and oxygen atoms in total. The first kappa shape index (κ1) is 14.5. The van der Waals surface area contributed by atoms with E-state index in [2.05, 4.69) is 0 Å². The summed E-state index contributed by atoms with van der Waals surface area (Å²) in [6.45, 7) is 6.72. The highest BCUT2D eigenvalue weighted by molar-refractivity contribution is 6.23. The first-order valence-corrected chi connectivity index (χ1v) is 6.83. The lowest BCUT2D eigenvalue weighted by molar-refractivity contribution is 0.0327. The van der Waals surface area contributed by atoms with Gasteiger partial charge in [0.1, 0.15) is 0 Å². The first-order valence-electron chi connectivity index (χ1n) is 6.83. The molecule has 0 spiro atoms. The van der Waals surface area contributed by atoms with E-state index in [-0.39, 0.29) is 23.8 Å². The maximum Gasteiger partial charge on any atom is 0.263 e. The van der Waals surface area contributed by atoms with Crippen LogP contribution in [0, 0.1) is 5.92 Å². The van der Waals surface area contributed by atoms with Gasteiger partial charge in [0.25, 0.3) is 11.8 Å². The molecule has 108 valence electrons. The third-order valence-electron chi connectivity index (χ3n) is 3.57. The van der Waals surface area contributed by atoms with E-state index in [9.17, 15) is 9.59 Å². The number of nitrogen functional groups attached to an aromatic ring is 1. The van der Waals surface area contributed by atoms with E-state index in [1.807, 2.05) is 20.8 Å². The molecule has 0 radical (unpaired) electrons. The van der Waals surface area contributed by atoms with Gasteiger partial charge in [-0.25, -0.2) is 0 Å². The maximum absolute atomic E-state index is 12.5. The summed E-state index contributed by atoms with van der Waals surface area (Å²) in [4.78, 5) is 26.3. The molecular formula is C15H20N2O3. The van der Waals surface area contributed by atoms with E-state index in [0.29, 0.717) is 30.0 Å². The molecule has 0 bridgehead atoms. The summed E-state index contributed by atoms with van der Waals surface area (Å²) in [7, 11) is 0. The van der Waals surface area contributed by atoms with Crippen LogP contribution in [0.4, 0.5) is 5.69 Å². The van der Waals surface area contributed by atoms with Crippen molar-refractivity contribution in [1.82, 2.24) is 4.90 Å². The Balaban J connectivity index is 2.37. The monoisotopic (exact) mass is 276 g/mol. The fourth-order valence-corrected chi connectivity index (χ4v) is 2.43. The normalized spacial score (nSPS) is 15.9. The van der Waals surface area contributed by atoms with Crippen molar-refractivity contribution in [1.29, 1.82) is 0 Å². The molecule has 2 amide bonds. The van der Waals surface area contributed by atoms with E-state index < -0.39 is 0 Å². The number of fused-ring (bicyclic) bond motifs is 1. The number of carbonyl (C=O) groups is 2. The van der Waals surface area contributed by atoms with Gasteiger partial charge in [-0.05, 0) is 25.0 Å². The van der Waals surface area contributed by atoms with Gasteiger partial charge in [-0.2, -0.15) is 0 Å². The number of rotatable bonds is 5. The van der Waals surface area contributed by atoms with E-state index in [1.54, 1.807) is 18.2 Å². The van der Waals surface area contributed by atoms with Gasteiger partial charge in [0.15, 0.2) is 0 Å². The van der Waals surface area contributed by atoms with Crippen LogP contribution in [0.25, 0.3) is 0 Å². The average molecular weight is 276 g/mol. The first-order chi connectivity index (χ1) is 9.49. The zero-order chi connectivity index (χ0) is 14.9. The predicted octanol–water partition coefficient (Wildman–Crippen LogP) is 1.93. The molecule has 1 unspecified atom stereocenters. The zero-order valence-corrected chi connectivity index (χ0v) is 12.1. The van der Waals surface area contributed by atoms with Crippen LogP contribution in [0.2, 0.25) is 0 Å². The van der Waals surface area contributed by atoms with Gasteiger partial charge in [0.2, 0.25) is 0 Å². The summed E-state index contributed by atoms with van der Waals surface area (Å²) in [5.41, 5.74) is 6.89. The van der Waals surface area contributed by atoms with Gasteiger partial charge < -0.3 is 10.5 Å². The lowest BCUT2D eigenvalue weighted by Gasteiger charge is -2.29. The fourth-order valence-electron chi connectivity index (χ4n) is 2.43. The smallest absolute Gasteiger partial charge is 0.263 e. The molecule has 20 heavy (non-hydrogen) atoms. The van der Waals surface area contributed by atoms with Crippen molar-refractivity contribution in [2.75, 3.05) is 18.9 Å². The largest absolute Gasteiger partial charge is 0.398 e. The Morgan fingerprint density at radius 1 is 1.25 bits per heavy atom. The molecule has 2 rings (SSSR count). The van der Waals surface area contributed by atoms with Crippen LogP contribution in [0.3, 0.4) is 0 Å². The van der Waals surface area contributed by atoms with Gasteiger partial charge in [-0.1, -0.05) is 19.9 Å². The lowest BCUT2D eigenvalue weighted by atomic mass is 10.0. The standard InChI is InChI=1S/C15H20N2O3/c1-4-20-8-12(9(2)3)17-14(18)10-6-5-7-11(16)13(10)15(17)19/h5-7,9,12H,4,8,16H2,1-3H3. The number of carbonyl (C=O) groups excluding carboxylic acids is 2. The summed E-state index contributed by atoms with van der Waals surface area (Å²) < 4.78 is 5.42. The van der Waals surface area contributed by atoms with Gasteiger partial charge in [0.05, 0.1) is 23.8 Å². The Morgan fingerprint density at radius 3 is 2.50 bits per heavy atom. The van der Waals surface area contributed by atoms with Crippen LogP contribution in [0.5, 0.6) is 0 Å². The Bertz CT molecular complexity index is 540. The maximum atomic E-state index is 12.5. The summed E-state index contributed by atoms with van der Waals surface area (Å²) in [6, 6.07) is 4.70. The van der Waals surface area contributed by atoms with Crippen molar-refractivity contribution in [2.45, 2.75) is 26.8 Å². The van der Waals surface area contributed by atoms with Gasteiger partial charge >= 0.3 is 0 Å². The summed E-state index contributed by atoms with van der Waals surface area (Å²) >= 11 is 0. The Labute approximate surface area is 118 Å². The van der Waals surface area contributed by atoms with Crippen molar-refractivity contribution in [3.8, 4) is 0 Å². The molecule has 5 heteroatoms. The highest BCUT2D eigenvalue weighted by Gasteiger charge is 2.42. The molecule has 0 aromatic heterocycles. The molecule has 0 fully saturated rings. The molecule has 1 aromatic rings. The van der Waals surface area contributed by atoms with Gasteiger partial charge in [0, 0.05) is 12.3 Å². The molecule has 0 aliphatic carbocycles. The SMILES string of the molecule is CCOCC(C(C)C)N1C(=O)c2cccc(N)c2C1=O. The van der Waals surface area contributed by atoms with Crippen molar-refractivity contribution in [2.24, 2.45) is 5.92 Å². The number of ether oxygens (including phenoxy) is 1. The number of anilines is 1. The summed E-state index contributed by atoms with van der Waals surface area (Å²) in [6.07, 6.45) is 0. The van der Waals surface area contributed by atoms with E-state index in [4.69, 9.17) is 10.5 Å². The third-order valence-corrected chi connectivity index (χ3v) is 3.57. The number of hydrogen-bond donors (Lipinski definition) is 1. The minimum atomic E-state index is -0.318. The Kier molecular flexibility index (Phi) is 4.09. The molecule has 0 saturated heterocycles. The van der Waals surface area contributed by atoms with Crippen molar-refractivity contribution in [3.05, 3.63) is 29.3 Å². The minimum absolute atomic E-state index is 0.116. The molecule has 0 saturated carbocycles. The minimum Gasteiger partial charge on any atom is -0.398 e. The average Bonchev–Trinajstić information content (AvgIpc) is 2.65. The van der Waals surface area contributed by atoms with E-state index in [1.165, 1.54) is 4.90 Å². The molecule has 1 aliphatic heterocycles. The third kappa shape index (κ3) is 2.29. The lowest BCUT2D eigenvalue weighted by Crippen LogP contribution is -2.45. The van der Waals surface area contributed by atoms with Gasteiger partial charge in [-0.3, -0.25) is 14.5 Å². The quantitative estimate of drug-likeness (QED) is 0.659. The summed E-state index contributed by atoms with van der Waals surface area (Å²) in [5, 5.41) is 0. The number of imide groups is 1. The zero-order valence-electron chi connectivity index (χ0n) is 12.1. The van der Waals surface area contributed by atoms with E-state index >= 15 is 0 Å². The molecule has 1 atom stereocenters. The second-order valence-electron chi connectivity index (χ2n) is 5.22. The van der Waals surface area contributed by atoms with Crippen LogP contribution in [-0.4, -0.2) is 36.0 Å². The molecule has 1 aromatic carbocycles. The van der Waals surface area contributed by atoms with Crippen LogP contribution in [-0.2, 0) is 4.74 Å². The molecule has 1 aliphatic rings. The van der Waals surface area contributed by atoms with Gasteiger partial charge in [-0.15, -0.1) is 0 Å². The topological polar surface area (TPSA) is 72.6 Å². The number of nitrogens with two attached hydrogens (primary N) is 1. The molecule has 2 N–H and O–H groups in total. The highest BCUT2D eigenvalue weighted by atomic mass is 16.5. The van der Waals surface area contributed by atoms with E-state index in [0.717, 1.165) is 0 Å². The number of nitrogens with zero attached hydrogens (tertiary/aromatic N) is 1. The van der Waals surface area contributed by atoms with Crippen molar-refractivity contribution in [3.63, 3.8) is 0 Å². The van der Waals surface area contributed by atoms with Crippen molar-refractivity contribution >= 4 is 17.5 Å². The predicted molar refractivity (Wildman–Crippen MR) is 76.5 cm³/mol.